The lowest BCUT2D eigenvalue weighted by atomic mass is 10.1. The second-order valence-electron chi connectivity index (χ2n) is 5.98. The van der Waals surface area contributed by atoms with Crippen LogP contribution in [0.4, 0.5) is 11.4 Å². The predicted molar refractivity (Wildman–Crippen MR) is 99.0 cm³/mol. The second kappa shape index (κ2) is 7.28. The Kier molecular flexibility index (Phi) is 4.89. The van der Waals surface area contributed by atoms with E-state index in [4.69, 9.17) is 9.15 Å². The summed E-state index contributed by atoms with van der Waals surface area (Å²) in [6.45, 7) is 3.09. The number of nitrogens with zero attached hydrogens (tertiary/aromatic N) is 1. The molecule has 138 valence electrons. The molecule has 27 heavy (non-hydrogen) atoms. The van der Waals surface area contributed by atoms with E-state index in [1.165, 1.54) is 25.1 Å². The van der Waals surface area contributed by atoms with E-state index in [0.29, 0.717) is 33.5 Å². The van der Waals surface area contributed by atoms with E-state index < -0.39 is 10.5 Å². The molecular weight excluding hydrogens is 352 g/mol. The molecule has 0 atom stereocenters. The highest BCUT2D eigenvalue weighted by atomic mass is 16.6. The topological polar surface area (TPSA) is 112 Å². The van der Waals surface area contributed by atoms with Crippen molar-refractivity contribution in [2.75, 3.05) is 5.32 Å². The number of fused-ring (bicyclic) bond motifs is 1. The first-order valence-corrected chi connectivity index (χ1v) is 8.06. The Morgan fingerprint density at radius 3 is 2.67 bits per heavy atom. The van der Waals surface area contributed by atoms with Crippen LogP contribution in [0.25, 0.3) is 11.0 Å². The normalized spacial score (nSPS) is 10.6. The average Bonchev–Trinajstić information content (AvgIpc) is 2.58. The first-order chi connectivity index (χ1) is 12.8. The molecule has 2 aromatic carbocycles. The SMILES string of the molecule is CC(=O)Nc1ccc2c(COc3ccc([N+](=O)[O-])c(C)c3)cc(=O)oc2c1. The summed E-state index contributed by atoms with van der Waals surface area (Å²) in [6, 6.07) is 10.8. The van der Waals surface area contributed by atoms with E-state index in [1.807, 2.05) is 0 Å². The van der Waals surface area contributed by atoms with E-state index in [0.717, 1.165) is 0 Å². The fraction of sp³-hybridized carbons (Fsp3) is 0.158. The average molecular weight is 368 g/mol. The molecule has 8 nitrogen and oxygen atoms in total. The summed E-state index contributed by atoms with van der Waals surface area (Å²) < 4.78 is 10.9. The highest BCUT2D eigenvalue weighted by Gasteiger charge is 2.12. The molecule has 0 aliphatic heterocycles. The monoisotopic (exact) mass is 368 g/mol. The predicted octanol–water partition coefficient (Wildman–Crippen LogP) is 3.55. The van der Waals surface area contributed by atoms with Gasteiger partial charge >= 0.3 is 5.63 Å². The van der Waals surface area contributed by atoms with Crippen LogP contribution in [0.5, 0.6) is 5.75 Å². The van der Waals surface area contributed by atoms with Gasteiger partial charge < -0.3 is 14.5 Å². The Bertz CT molecular complexity index is 1100. The number of amides is 1. The Labute approximate surface area is 153 Å². The number of nitrogens with one attached hydrogen (secondary N) is 1. The van der Waals surface area contributed by atoms with Crippen molar-refractivity contribution in [3.63, 3.8) is 0 Å². The summed E-state index contributed by atoms with van der Waals surface area (Å²) in [5.74, 6) is 0.221. The van der Waals surface area contributed by atoms with Gasteiger partial charge in [-0.3, -0.25) is 14.9 Å². The van der Waals surface area contributed by atoms with Crippen molar-refractivity contribution < 1.29 is 18.9 Å². The molecule has 0 aliphatic rings. The van der Waals surface area contributed by atoms with Gasteiger partial charge in [-0.25, -0.2) is 4.79 Å². The van der Waals surface area contributed by atoms with Crippen LogP contribution in [0.2, 0.25) is 0 Å². The lowest BCUT2D eigenvalue weighted by Crippen LogP contribution is -2.07. The van der Waals surface area contributed by atoms with Crippen LogP contribution in [-0.2, 0) is 11.4 Å². The summed E-state index contributed by atoms with van der Waals surface area (Å²) in [5.41, 5.74) is 1.40. The molecule has 1 N–H and O–H groups in total. The van der Waals surface area contributed by atoms with Crippen molar-refractivity contribution in [2.24, 2.45) is 0 Å². The summed E-state index contributed by atoms with van der Waals surface area (Å²) >= 11 is 0. The number of hydrogen-bond acceptors (Lipinski definition) is 6. The van der Waals surface area contributed by atoms with Gasteiger partial charge in [-0.05, 0) is 31.2 Å². The van der Waals surface area contributed by atoms with E-state index in [1.54, 1.807) is 31.2 Å². The van der Waals surface area contributed by atoms with Crippen molar-refractivity contribution in [1.29, 1.82) is 0 Å². The number of rotatable bonds is 5. The third-order valence-corrected chi connectivity index (χ3v) is 3.91. The van der Waals surface area contributed by atoms with Crippen molar-refractivity contribution in [2.45, 2.75) is 20.5 Å². The molecule has 0 unspecified atom stereocenters. The Hall–Kier alpha value is -3.68. The zero-order valence-electron chi connectivity index (χ0n) is 14.6. The zero-order chi connectivity index (χ0) is 19.6. The zero-order valence-corrected chi connectivity index (χ0v) is 14.6. The van der Waals surface area contributed by atoms with Crippen molar-refractivity contribution in [3.8, 4) is 5.75 Å². The first kappa shape index (κ1) is 18.1. The molecule has 0 aliphatic carbocycles. The number of carbonyl (C=O) groups excluding carboxylic acids is 1. The van der Waals surface area contributed by atoms with E-state index >= 15 is 0 Å². The quantitative estimate of drug-likeness (QED) is 0.419. The lowest BCUT2D eigenvalue weighted by molar-refractivity contribution is -0.385. The second-order valence-corrected chi connectivity index (χ2v) is 5.98. The van der Waals surface area contributed by atoms with Gasteiger partial charge in [-0.2, -0.15) is 0 Å². The fourth-order valence-corrected chi connectivity index (χ4v) is 2.71. The largest absolute Gasteiger partial charge is 0.489 e. The van der Waals surface area contributed by atoms with Gasteiger partial charge in [0.05, 0.1) is 4.92 Å². The molecule has 1 amide bonds. The standard InChI is InChI=1S/C19H16N2O6/c1-11-7-15(4-6-17(11)21(24)25)26-10-13-8-19(23)27-18-9-14(20-12(2)22)3-5-16(13)18/h3-9H,10H2,1-2H3,(H,20,22). The minimum atomic E-state index is -0.541. The summed E-state index contributed by atoms with van der Waals surface area (Å²) in [7, 11) is 0. The maximum atomic E-state index is 11.8. The Morgan fingerprint density at radius 2 is 2.00 bits per heavy atom. The van der Waals surface area contributed by atoms with Crippen LogP contribution in [-0.4, -0.2) is 10.8 Å². The molecule has 8 heteroatoms. The van der Waals surface area contributed by atoms with E-state index in [-0.39, 0.29) is 18.2 Å². The molecule has 0 radical (unpaired) electrons. The fourth-order valence-electron chi connectivity index (χ4n) is 2.71. The number of nitro benzene ring substituents is 1. The lowest BCUT2D eigenvalue weighted by Gasteiger charge is -2.10. The van der Waals surface area contributed by atoms with Crippen LogP contribution >= 0.6 is 0 Å². The third kappa shape index (κ3) is 4.12. The Balaban J connectivity index is 1.88. The van der Waals surface area contributed by atoms with Gasteiger partial charge in [0.1, 0.15) is 17.9 Å². The van der Waals surface area contributed by atoms with Gasteiger partial charge in [-0.1, -0.05) is 0 Å². The molecule has 0 spiro atoms. The van der Waals surface area contributed by atoms with Crippen molar-refractivity contribution in [1.82, 2.24) is 0 Å². The summed E-state index contributed by atoms with van der Waals surface area (Å²) in [6.07, 6.45) is 0. The number of aryl methyl sites for hydroxylation is 1. The number of hydrogen-bond donors (Lipinski definition) is 1. The summed E-state index contributed by atoms with van der Waals surface area (Å²) in [4.78, 5) is 33.4. The minimum Gasteiger partial charge on any atom is -0.489 e. The molecule has 1 heterocycles. The van der Waals surface area contributed by atoms with Crippen LogP contribution < -0.4 is 15.7 Å². The molecule has 0 bridgehead atoms. The van der Waals surface area contributed by atoms with Gasteiger partial charge in [-0.15, -0.1) is 0 Å². The molecule has 0 saturated heterocycles. The minimum absolute atomic E-state index is 0.0126. The molecule has 3 aromatic rings. The molecular formula is C19H16N2O6. The van der Waals surface area contributed by atoms with E-state index in [2.05, 4.69) is 5.32 Å². The molecule has 0 fully saturated rings. The van der Waals surface area contributed by atoms with Gasteiger partial charge in [0, 0.05) is 47.3 Å². The van der Waals surface area contributed by atoms with Gasteiger partial charge in [0.15, 0.2) is 0 Å². The maximum Gasteiger partial charge on any atom is 0.336 e. The van der Waals surface area contributed by atoms with Crippen LogP contribution in [0, 0.1) is 17.0 Å². The van der Waals surface area contributed by atoms with Crippen LogP contribution in [0.1, 0.15) is 18.1 Å². The van der Waals surface area contributed by atoms with Crippen molar-refractivity contribution in [3.05, 3.63) is 74.1 Å². The van der Waals surface area contributed by atoms with E-state index in [9.17, 15) is 19.7 Å². The maximum absolute atomic E-state index is 11.8. The highest BCUT2D eigenvalue weighted by Crippen LogP contribution is 2.25. The molecule has 3 rings (SSSR count). The molecule has 1 aromatic heterocycles. The number of ether oxygens (including phenoxy) is 1. The van der Waals surface area contributed by atoms with Crippen LogP contribution in [0.3, 0.4) is 0 Å². The van der Waals surface area contributed by atoms with Crippen molar-refractivity contribution >= 4 is 28.3 Å². The third-order valence-electron chi connectivity index (χ3n) is 3.91. The Morgan fingerprint density at radius 1 is 1.22 bits per heavy atom. The number of nitro groups is 1. The molecule has 0 saturated carbocycles. The van der Waals surface area contributed by atoms with Crippen LogP contribution in [0.15, 0.2) is 51.7 Å². The number of carbonyl (C=O) groups is 1. The highest BCUT2D eigenvalue weighted by molar-refractivity contribution is 5.92. The number of benzene rings is 2. The first-order valence-electron chi connectivity index (χ1n) is 8.06. The van der Waals surface area contributed by atoms with Gasteiger partial charge in [0.25, 0.3) is 5.69 Å². The summed E-state index contributed by atoms with van der Waals surface area (Å²) in [5, 5.41) is 14.2. The smallest absolute Gasteiger partial charge is 0.336 e. The number of anilines is 1. The van der Waals surface area contributed by atoms with Gasteiger partial charge in [0.2, 0.25) is 5.91 Å².